The van der Waals surface area contributed by atoms with Gasteiger partial charge in [-0.05, 0) is 43.3 Å². The van der Waals surface area contributed by atoms with Crippen molar-refractivity contribution in [1.29, 1.82) is 0 Å². The number of nitrogens with zero attached hydrogens (tertiary/aromatic N) is 4. The Kier molecular flexibility index (Phi) is 7.69. The molecule has 4 aromatic rings. The minimum absolute atomic E-state index is 0.166. The van der Waals surface area contributed by atoms with Gasteiger partial charge in [0.25, 0.3) is 0 Å². The Bertz CT molecular complexity index is 1240. The van der Waals surface area contributed by atoms with Gasteiger partial charge in [-0.1, -0.05) is 51.4 Å². The summed E-state index contributed by atoms with van der Waals surface area (Å²) in [6, 6.07) is 15.0. The maximum absolute atomic E-state index is 12.4. The number of anilines is 1. The van der Waals surface area contributed by atoms with E-state index in [-0.39, 0.29) is 17.8 Å². The molecule has 0 aliphatic carbocycles. The molecule has 0 radical (unpaired) electrons. The van der Waals surface area contributed by atoms with Crippen LogP contribution in [0.2, 0.25) is 5.02 Å². The minimum atomic E-state index is -0.298. The number of hydrogen-bond acceptors (Lipinski definition) is 7. The lowest BCUT2D eigenvalue weighted by atomic mass is 10.2. The van der Waals surface area contributed by atoms with Gasteiger partial charge >= 0.3 is 0 Å². The number of thioether (sulfide) groups is 1. The molecule has 11 heteroatoms. The second-order valence-corrected chi connectivity index (χ2v) is 10.1. The highest BCUT2D eigenvalue weighted by Crippen LogP contribution is 2.27. The van der Waals surface area contributed by atoms with E-state index in [4.69, 9.17) is 16.3 Å². The standard InChI is InChI=1S/C22H19BrClN5O2S2/c1-13(31-17-9-5-15(23)6-10-17)20-27-28-22(29(20)2)33-12-19(30)26-21-25-18(11-32-21)14-3-7-16(24)8-4-14/h3-11,13H,12H2,1-2H3,(H,25,26,30). The van der Waals surface area contributed by atoms with Crippen LogP contribution in [0, 0.1) is 0 Å². The van der Waals surface area contributed by atoms with Crippen molar-refractivity contribution in [3.05, 3.63) is 69.2 Å². The average molecular weight is 565 g/mol. The summed E-state index contributed by atoms with van der Waals surface area (Å²) in [5.74, 6) is 1.43. The third-order valence-corrected chi connectivity index (χ3v) is 7.14. The topological polar surface area (TPSA) is 81.9 Å². The van der Waals surface area contributed by atoms with Crippen molar-refractivity contribution in [2.24, 2.45) is 7.05 Å². The van der Waals surface area contributed by atoms with Crippen molar-refractivity contribution in [2.45, 2.75) is 18.2 Å². The molecule has 0 aliphatic rings. The molecule has 0 aliphatic heterocycles. The molecule has 33 heavy (non-hydrogen) atoms. The monoisotopic (exact) mass is 563 g/mol. The average Bonchev–Trinajstić information content (AvgIpc) is 3.41. The van der Waals surface area contributed by atoms with Gasteiger partial charge in [-0.15, -0.1) is 21.5 Å². The van der Waals surface area contributed by atoms with Gasteiger partial charge in [0.1, 0.15) is 5.75 Å². The number of rotatable bonds is 8. The van der Waals surface area contributed by atoms with Crippen LogP contribution in [0.15, 0.2) is 63.5 Å². The van der Waals surface area contributed by atoms with Crippen LogP contribution in [0.25, 0.3) is 11.3 Å². The molecule has 0 saturated heterocycles. The number of ether oxygens (including phenoxy) is 1. The van der Waals surface area contributed by atoms with Crippen molar-refractivity contribution < 1.29 is 9.53 Å². The summed E-state index contributed by atoms with van der Waals surface area (Å²) < 4.78 is 8.77. The van der Waals surface area contributed by atoms with Gasteiger partial charge in [-0.25, -0.2) is 4.98 Å². The highest BCUT2D eigenvalue weighted by atomic mass is 79.9. The largest absolute Gasteiger partial charge is 0.483 e. The lowest BCUT2D eigenvalue weighted by Crippen LogP contribution is -2.14. The minimum Gasteiger partial charge on any atom is -0.483 e. The van der Waals surface area contributed by atoms with Crippen LogP contribution < -0.4 is 10.1 Å². The molecule has 4 rings (SSSR count). The summed E-state index contributed by atoms with van der Waals surface area (Å²) >= 11 is 12.0. The van der Waals surface area contributed by atoms with Crippen LogP contribution in [-0.4, -0.2) is 31.4 Å². The molecular formula is C22H19BrClN5O2S2. The lowest BCUT2D eigenvalue weighted by Gasteiger charge is -2.14. The molecule has 2 heterocycles. The first-order chi connectivity index (χ1) is 15.9. The van der Waals surface area contributed by atoms with Crippen LogP contribution in [0.5, 0.6) is 5.75 Å². The number of benzene rings is 2. The predicted octanol–water partition coefficient (Wildman–Crippen LogP) is 6.23. The number of nitrogens with one attached hydrogen (secondary N) is 1. The number of thiazole rings is 1. The molecule has 0 bridgehead atoms. The van der Waals surface area contributed by atoms with Gasteiger partial charge < -0.3 is 14.6 Å². The number of hydrogen-bond donors (Lipinski definition) is 1. The Morgan fingerprint density at radius 2 is 1.94 bits per heavy atom. The molecule has 1 atom stereocenters. The van der Waals surface area contributed by atoms with Crippen LogP contribution in [0.3, 0.4) is 0 Å². The third-order valence-electron chi connectivity index (χ3n) is 4.58. The molecule has 0 saturated carbocycles. The summed E-state index contributed by atoms with van der Waals surface area (Å²) in [6.07, 6.45) is -0.298. The van der Waals surface area contributed by atoms with E-state index < -0.39 is 0 Å². The summed E-state index contributed by atoms with van der Waals surface area (Å²) in [6.45, 7) is 1.91. The van der Waals surface area contributed by atoms with Gasteiger partial charge in [-0.3, -0.25) is 4.79 Å². The van der Waals surface area contributed by atoms with E-state index >= 15 is 0 Å². The SMILES string of the molecule is CC(Oc1ccc(Br)cc1)c1nnc(SCC(=O)Nc2nc(-c3ccc(Cl)cc3)cs2)n1C. The van der Waals surface area contributed by atoms with E-state index in [1.165, 1.54) is 23.1 Å². The number of amides is 1. The van der Waals surface area contributed by atoms with Gasteiger partial charge in [0, 0.05) is 27.5 Å². The van der Waals surface area contributed by atoms with Gasteiger partial charge in [-0.2, -0.15) is 0 Å². The van der Waals surface area contributed by atoms with Gasteiger partial charge in [0.05, 0.1) is 11.4 Å². The van der Waals surface area contributed by atoms with Crippen molar-refractivity contribution in [3.8, 4) is 17.0 Å². The van der Waals surface area contributed by atoms with E-state index in [0.717, 1.165) is 21.5 Å². The van der Waals surface area contributed by atoms with Crippen LogP contribution in [-0.2, 0) is 11.8 Å². The zero-order valence-electron chi connectivity index (χ0n) is 17.7. The Morgan fingerprint density at radius 1 is 1.21 bits per heavy atom. The molecule has 2 aromatic carbocycles. The summed E-state index contributed by atoms with van der Waals surface area (Å²) in [7, 11) is 1.86. The highest BCUT2D eigenvalue weighted by Gasteiger charge is 2.18. The normalized spacial score (nSPS) is 11.9. The van der Waals surface area contributed by atoms with E-state index in [2.05, 4.69) is 36.4 Å². The zero-order valence-corrected chi connectivity index (χ0v) is 21.6. The first-order valence-corrected chi connectivity index (χ1v) is 12.9. The van der Waals surface area contributed by atoms with Gasteiger partial charge in [0.2, 0.25) is 5.91 Å². The van der Waals surface area contributed by atoms with E-state index in [0.29, 0.717) is 21.1 Å². The molecule has 1 unspecified atom stereocenters. The molecule has 1 amide bonds. The smallest absolute Gasteiger partial charge is 0.236 e. The Hall–Kier alpha value is -2.40. The molecule has 1 N–H and O–H groups in total. The van der Waals surface area contributed by atoms with E-state index in [9.17, 15) is 4.79 Å². The second-order valence-electron chi connectivity index (χ2n) is 7.00. The molecule has 0 spiro atoms. The fourth-order valence-electron chi connectivity index (χ4n) is 2.95. The van der Waals surface area contributed by atoms with Crippen molar-refractivity contribution in [2.75, 3.05) is 11.1 Å². The number of carbonyl (C=O) groups is 1. The Balaban J connectivity index is 1.32. The molecule has 170 valence electrons. The third kappa shape index (κ3) is 6.14. The molecule has 0 fully saturated rings. The Labute approximate surface area is 212 Å². The maximum atomic E-state index is 12.4. The summed E-state index contributed by atoms with van der Waals surface area (Å²) in [5.41, 5.74) is 1.73. The van der Waals surface area contributed by atoms with E-state index in [1.54, 1.807) is 0 Å². The number of halogens is 2. The lowest BCUT2D eigenvalue weighted by molar-refractivity contribution is -0.113. The number of aromatic nitrogens is 4. The fraction of sp³-hybridized carbons (Fsp3) is 0.182. The molecule has 7 nitrogen and oxygen atoms in total. The quantitative estimate of drug-likeness (QED) is 0.256. The maximum Gasteiger partial charge on any atom is 0.236 e. The van der Waals surface area contributed by atoms with Crippen LogP contribution in [0.4, 0.5) is 5.13 Å². The summed E-state index contributed by atoms with van der Waals surface area (Å²) in [5, 5.41) is 15.0. The molecule has 2 aromatic heterocycles. The zero-order chi connectivity index (χ0) is 23.4. The van der Waals surface area contributed by atoms with Crippen molar-refractivity contribution in [1.82, 2.24) is 19.7 Å². The highest BCUT2D eigenvalue weighted by molar-refractivity contribution is 9.10. The molecular weight excluding hydrogens is 546 g/mol. The predicted molar refractivity (Wildman–Crippen MR) is 136 cm³/mol. The van der Waals surface area contributed by atoms with E-state index in [1.807, 2.05) is 72.4 Å². The first-order valence-electron chi connectivity index (χ1n) is 9.84. The summed E-state index contributed by atoms with van der Waals surface area (Å²) in [4.78, 5) is 16.9. The van der Waals surface area contributed by atoms with Crippen molar-refractivity contribution in [3.63, 3.8) is 0 Å². The second kappa shape index (κ2) is 10.7. The van der Waals surface area contributed by atoms with Crippen LogP contribution >= 0.6 is 50.6 Å². The van der Waals surface area contributed by atoms with Gasteiger partial charge in [0.15, 0.2) is 22.2 Å². The van der Waals surface area contributed by atoms with Crippen molar-refractivity contribution >= 4 is 61.7 Å². The Morgan fingerprint density at radius 3 is 2.67 bits per heavy atom. The number of carbonyl (C=O) groups excluding carboxylic acids is 1. The first kappa shape index (κ1) is 23.7. The fourth-order valence-corrected chi connectivity index (χ4v) is 4.79. The van der Waals surface area contributed by atoms with Crippen LogP contribution in [0.1, 0.15) is 18.9 Å².